The van der Waals surface area contributed by atoms with Crippen molar-refractivity contribution in [2.75, 3.05) is 14.1 Å². The molecule has 176 valence electrons. The summed E-state index contributed by atoms with van der Waals surface area (Å²) in [4.78, 5) is 13.0. The molecule has 3 aromatic rings. The van der Waals surface area contributed by atoms with Crippen LogP contribution in [0, 0.1) is 0 Å². The van der Waals surface area contributed by atoms with E-state index in [9.17, 15) is 9.90 Å². The van der Waals surface area contributed by atoms with E-state index in [1.807, 2.05) is 81.0 Å². The Hall–Kier alpha value is -4.12. The van der Waals surface area contributed by atoms with Crippen LogP contribution in [-0.4, -0.2) is 19.2 Å². The Labute approximate surface area is 203 Å². The minimum atomic E-state index is -0.711. The van der Waals surface area contributed by atoms with Crippen molar-refractivity contribution < 1.29 is 13.9 Å². The van der Waals surface area contributed by atoms with Gasteiger partial charge in [0.15, 0.2) is 0 Å². The van der Waals surface area contributed by atoms with Gasteiger partial charge in [-0.2, -0.15) is 0 Å². The molecule has 0 saturated heterocycles. The summed E-state index contributed by atoms with van der Waals surface area (Å²) in [5, 5.41) is 12.7. The highest BCUT2D eigenvalue weighted by Crippen LogP contribution is 2.39. The van der Waals surface area contributed by atoms with Crippen LogP contribution < -0.4 is 15.6 Å². The summed E-state index contributed by atoms with van der Waals surface area (Å²) in [6.07, 6.45) is 0.498. The maximum absolute atomic E-state index is 13.0. The van der Waals surface area contributed by atoms with Crippen molar-refractivity contribution in [3.8, 4) is 28.4 Å². The standard InChI is InChI=1S/C30H27NO4/c1-30(2,27-28(32)23-12-8-9-13-24(23)35-29(27)33)18-20-16-25(19-10-6-5-7-11-19)34-26-17-21(31(3)4)14-15-22(20)26/h5-17H,18H2,1-4H3/p+1. The zero-order valence-electron chi connectivity index (χ0n) is 20.3. The zero-order valence-corrected chi connectivity index (χ0v) is 20.3. The predicted octanol–water partition coefficient (Wildman–Crippen LogP) is 5.42. The smallest absolute Gasteiger partial charge is 0.343 e. The largest absolute Gasteiger partial charge is 0.507 e. The van der Waals surface area contributed by atoms with Crippen molar-refractivity contribution in [1.82, 2.24) is 4.58 Å². The molecule has 1 N–H and O–H groups in total. The molecule has 0 bridgehead atoms. The van der Waals surface area contributed by atoms with Crippen molar-refractivity contribution in [2.45, 2.75) is 25.7 Å². The molecule has 0 fully saturated rings. The first-order chi connectivity index (χ1) is 16.7. The van der Waals surface area contributed by atoms with Crippen LogP contribution in [0.2, 0.25) is 0 Å². The Bertz CT molecular complexity index is 1640. The van der Waals surface area contributed by atoms with Gasteiger partial charge >= 0.3 is 5.63 Å². The number of aromatic hydroxyl groups is 1. The molecule has 1 aliphatic carbocycles. The SMILES string of the molecule is C[N+](C)=c1ccc2c(CC(C)(C)c3c(O)c4ccccc4oc3=O)cc(-c3ccccc3)oc-2c1. The summed E-state index contributed by atoms with van der Waals surface area (Å²) < 4.78 is 14.0. The molecule has 0 spiro atoms. The number of hydrogen-bond acceptors (Lipinski definition) is 4. The van der Waals surface area contributed by atoms with E-state index in [0.717, 1.165) is 33.6 Å². The molecular weight excluding hydrogens is 438 g/mol. The number of nitrogens with zero attached hydrogens (tertiary/aromatic N) is 1. The summed E-state index contributed by atoms with van der Waals surface area (Å²) in [6.45, 7) is 3.92. The Kier molecular flexibility index (Phi) is 5.56. The average Bonchev–Trinajstić information content (AvgIpc) is 2.83. The third kappa shape index (κ3) is 4.14. The number of hydrogen-bond donors (Lipinski definition) is 1. The van der Waals surface area contributed by atoms with E-state index >= 15 is 0 Å². The second-order valence-corrected chi connectivity index (χ2v) is 9.75. The molecule has 0 radical (unpaired) electrons. The van der Waals surface area contributed by atoms with Gasteiger partial charge in [-0.15, -0.1) is 0 Å². The Morgan fingerprint density at radius 3 is 2.31 bits per heavy atom. The lowest BCUT2D eigenvalue weighted by molar-refractivity contribution is 0.411. The highest BCUT2D eigenvalue weighted by molar-refractivity contribution is 5.84. The summed E-state index contributed by atoms with van der Waals surface area (Å²) >= 11 is 0. The third-order valence-electron chi connectivity index (χ3n) is 6.51. The summed E-state index contributed by atoms with van der Waals surface area (Å²) in [5.41, 5.74) is 2.38. The normalized spacial score (nSPS) is 11.8. The molecule has 5 nitrogen and oxygen atoms in total. The summed E-state index contributed by atoms with van der Waals surface area (Å²) in [5.74, 6) is 1.48. The van der Waals surface area contributed by atoms with Crippen molar-refractivity contribution in [3.05, 3.63) is 106 Å². The van der Waals surface area contributed by atoms with Crippen LogP contribution in [0.15, 0.2) is 92.5 Å². The minimum absolute atomic E-state index is 0.0232. The first-order valence-corrected chi connectivity index (χ1v) is 11.6. The lowest BCUT2D eigenvalue weighted by Crippen LogP contribution is -2.28. The van der Waals surface area contributed by atoms with Crippen molar-refractivity contribution >= 4 is 11.0 Å². The molecule has 5 rings (SSSR count). The Morgan fingerprint density at radius 2 is 1.57 bits per heavy atom. The number of fused-ring (bicyclic) bond motifs is 2. The fourth-order valence-electron chi connectivity index (χ4n) is 4.71. The van der Waals surface area contributed by atoms with Crippen LogP contribution in [-0.2, 0) is 11.8 Å². The lowest BCUT2D eigenvalue weighted by Gasteiger charge is -2.27. The van der Waals surface area contributed by atoms with Gasteiger partial charge in [-0.05, 0) is 36.2 Å². The lowest BCUT2D eigenvalue weighted by atomic mass is 9.77. The van der Waals surface area contributed by atoms with Gasteiger partial charge in [0.2, 0.25) is 5.36 Å². The van der Waals surface area contributed by atoms with Crippen molar-refractivity contribution in [3.63, 3.8) is 0 Å². The maximum atomic E-state index is 13.0. The van der Waals surface area contributed by atoms with Crippen LogP contribution in [0.25, 0.3) is 33.6 Å². The molecule has 5 heteroatoms. The fraction of sp³-hybridized carbons (Fsp3) is 0.200. The van der Waals surface area contributed by atoms with Crippen LogP contribution in [0.4, 0.5) is 0 Å². The highest BCUT2D eigenvalue weighted by Gasteiger charge is 2.32. The maximum Gasteiger partial charge on any atom is 0.343 e. The van der Waals surface area contributed by atoms with E-state index in [2.05, 4.69) is 12.1 Å². The Morgan fingerprint density at radius 1 is 0.857 bits per heavy atom. The topological polar surface area (TPSA) is 66.6 Å². The van der Waals surface area contributed by atoms with Gasteiger partial charge in [-0.1, -0.05) is 56.3 Å². The van der Waals surface area contributed by atoms with Gasteiger partial charge in [-0.3, -0.25) is 0 Å². The summed E-state index contributed by atoms with van der Waals surface area (Å²) in [6, 6.07) is 25.2. The molecule has 0 saturated carbocycles. The molecule has 35 heavy (non-hydrogen) atoms. The number of para-hydroxylation sites is 1. The molecule has 1 aliphatic heterocycles. The monoisotopic (exact) mass is 466 g/mol. The molecule has 0 unspecified atom stereocenters. The van der Waals surface area contributed by atoms with Gasteiger partial charge in [0.25, 0.3) is 0 Å². The van der Waals surface area contributed by atoms with E-state index in [0.29, 0.717) is 17.4 Å². The highest BCUT2D eigenvalue weighted by atomic mass is 16.4. The molecule has 0 atom stereocenters. The average molecular weight is 467 g/mol. The zero-order chi connectivity index (χ0) is 24.7. The van der Waals surface area contributed by atoms with E-state index in [1.165, 1.54) is 0 Å². The quantitative estimate of drug-likeness (QED) is 0.284. The first kappa shape index (κ1) is 22.7. The molecule has 1 aromatic heterocycles. The van der Waals surface area contributed by atoms with Gasteiger partial charge in [0, 0.05) is 22.6 Å². The van der Waals surface area contributed by atoms with E-state index < -0.39 is 11.0 Å². The Balaban J connectivity index is 1.70. The second kappa shape index (κ2) is 8.58. The fourth-order valence-corrected chi connectivity index (χ4v) is 4.71. The number of benzene rings is 3. The van der Waals surface area contributed by atoms with Crippen LogP contribution in [0.5, 0.6) is 5.75 Å². The second-order valence-electron chi connectivity index (χ2n) is 9.75. The molecular formula is C30H28NO4+. The molecule has 2 aromatic carbocycles. The minimum Gasteiger partial charge on any atom is -0.507 e. The molecule has 2 aliphatic rings. The molecule has 2 heterocycles. The third-order valence-corrected chi connectivity index (χ3v) is 6.51. The van der Waals surface area contributed by atoms with Crippen LogP contribution in [0.1, 0.15) is 25.0 Å². The summed E-state index contributed by atoms with van der Waals surface area (Å²) in [7, 11) is 3.99. The van der Waals surface area contributed by atoms with Gasteiger partial charge < -0.3 is 13.9 Å². The van der Waals surface area contributed by atoms with Crippen molar-refractivity contribution in [2.24, 2.45) is 0 Å². The molecule has 0 amide bonds. The van der Waals surface area contributed by atoms with E-state index in [-0.39, 0.29) is 11.3 Å². The predicted molar refractivity (Wildman–Crippen MR) is 139 cm³/mol. The van der Waals surface area contributed by atoms with Gasteiger partial charge in [0.1, 0.15) is 36.9 Å². The van der Waals surface area contributed by atoms with Crippen LogP contribution >= 0.6 is 0 Å². The van der Waals surface area contributed by atoms with Crippen LogP contribution in [0.3, 0.4) is 0 Å². The van der Waals surface area contributed by atoms with E-state index in [4.69, 9.17) is 8.83 Å². The van der Waals surface area contributed by atoms with Gasteiger partial charge in [0.05, 0.1) is 17.0 Å². The van der Waals surface area contributed by atoms with Crippen molar-refractivity contribution in [1.29, 1.82) is 0 Å². The number of rotatable bonds is 4. The van der Waals surface area contributed by atoms with Gasteiger partial charge in [-0.25, -0.2) is 9.37 Å². The first-order valence-electron chi connectivity index (χ1n) is 11.6. The van der Waals surface area contributed by atoms with E-state index in [1.54, 1.807) is 18.2 Å².